The molecule has 0 fully saturated rings. The van der Waals surface area contributed by atoms with Crippen LogP contribution in [0, 0.1) is 6.92 Å². The third-order valence-electron chi connectivity index (χ3n) is 3.67. The van der Waals surface area contributed by atoms with Crippen molar-refractivity contribution in [3.8, 4) is 0 Å². The molecule has 4 rings (SSSR count). The molecule has 0 amide bonds. The molecule has 23 heavy (non-hydrogen) atoms. The van der Waals surface area contributed by atoms with E-state index < -0.39 is 0 Å². The maximum atomic E-state index is 12.5. The number of nitrogens with zero attached hydrogens (tertiary/aromatic N) is 1. The van der Waals surface area contributed by atoms with Crippen molar-refractivity contribution in [1.82, 2.24) is 4.98 Å². The lowest BCUT2D eigenvalue weighted by Gasteiger charge is -1.99. The molecule has 0 aliphatic heterocycles. The number of rotatable bonds is 2. The van der Waals surface area contributed by atoms with E-state index in [0.29, 0.717) is 16.5 Å². The van der Waals surface area contributed by atoms with Gasteiger partial charge in [0, 0.05) is 0 Å². The fourth-order valence-electron chi connectivity index (χ4n) is 2.50. The summed E-state index contributed by atoms with van der Waals surface area (Å²) in [4.78, 5) is 17.1. The smallest absolute Gasteiger partial charge is 0.199 e. The lowest BCUT2D eigenvalue weighted by atomic mass is 10.1. The van der Waals surface area contributed by atoms with Gasteiger partial charge < -0.3 is 4.42 Å². The van der Waals surface area contributed by atoms with Crippen LogP contribution in [0.15, 0.2) is 57.9 Å². The molecule has 0 radical (unpaired) electrons. The van der Waals surface area contributed by atoms with Crippen LogP contribution in [-0.4, -0.2) is 4.98 Å². The highest BCUT2D eigenvalue weighted by Crippen LogP contribution is 2.23. The number of para-hydroxylation sites is 1. The molecule has 0 unspecified atom stereocenters. The monoisotopic (exact) mass is 319 g/mol. The Kier molecular flexibility index (Phi) is 3.32. The molecule has 0 aliphatic carbocycles. The summed E-state index contributed by atoms with van der Waals surface area (Å²) in [6, 6.07) is 13.6. The number of fused-ring (bicyclic) bond motifs is 2. The number of thiazole rings is 1. The summed E-state index contributed by atoms with van der Waals surface area (Å²) < 4.78 is 6.69. The number of aryl methyl sites for hydroxylation is 1. The zero-order chi connectivity index (χ0) is 15.8. The van der Waals surface area contributed by atoms with Crippen LogP contribution in [-0.2, 0) is 0 Å². The van der Waals surface area contributed by atoms with E-state index >= 15 is 0 Å². The average Bonchev–Trinajstić information content (AvgIpc) is 2.97. The fourth-order valence-corrected chi connectivity index (χ4v) is 3.37. The Balaban J connectivity index is 1.77. The maximum absolute atomic E-state index is 12.5. The molecule has 4 heteroatoms. The zero-order valence-corrected chi connectivity index (χ0v) is 13.3. The van der Waals surface area contributed by atoms with Crippen molar-refractivity contribution >= 4 is 44.7 Å². The normalized spacial score (nSPS) is 11.7. The minimum absolute atomic E-state index is 0.0210. The van der Waals surface area contributed by atoms with Crippen molar-refractivity contribution in [2.45, 2.75) is 6.92 Å². The summed E-state index contributed by atoms with van der Waals surface area (Å²) in [6.07, 6.45) is 5.13. The van der Waals surface area contributed by atoms with Gasteiger partial charge in [-0.3, -0.25) is 4.79 Å². The van der Waals surface area contributed by atoms with Gasteiger partial charge in [0.2, 0.25) is 0 Å². The Hall–Kier alpha value is -2.72. The van der Waals surface area contributed by atoms with Crippen LogP contribution in [0.3, 0.4) is 0 Å². The molecule has 0 N–H and O–H groups in total. The molecule has 2 aromatic carbocycles. The molecule has 112 valence electrons. The van der Waals surface area contributed by atoms with Crippen molar-refractivity contribution in [2.24, 2.45) is 0 Å². The highest BCUT2D eigenvalue weighted by Gasteiger charge is 2.05. The summed E-state index contributed by atoms with van der Waals surface area (Å²) in [7, 11) is 0. The minimum atomic E-state index is -0.0210. The minimum Gasteiger partial charge on any atom is -0.463 e. The van der Waals surface area contributed by atoms with E-state index in [1.807, 2.05) is 55.5 Å². The second kappa shape index (κ2) is 5.48. The quantitative estimate of drug-likeness (QED) is 0.529. The van der Waals surface area contributed by atoms with Crippen LogP contribution in [0.5, 0.6) is 0 Å². The standard InChI is InChI=1S/C19H13NO2S/c1-12-6-8-16-14(10-12)19(21)13(11-22-16)7-9-18-20-15-4-2-3-5-17(15)23-18/h2-11H,1H3. The first-order valence-corrected chi connectivity index (χ1v) is 8.08. The molecule has 0 atom stereocenters. The zero-order valence-electron chi connectivity index (χ0n) is 12.4. The molecule has 2 aromatic heterocycles. The second-order valence-electron chi connectivity index (χ2n) is 5.37. The van der Waals surface area contributed by atoms with Crippen molar-refractivity contribution in [3.05, 3.63) is 75.1 Å². The average molecular weight is 319 g/mol. The Morgan fingerprint density at radius 3 is 2.87 bits per heavy atom. The summed E-state index contributed by atoms with van der Waals surface area (Å²) >= 11 is 1.60. The Bertz CT molecular complexity index is 1070. The Labute approximate surface area is 136 Å². The summed E-state index contributed by atoms with van der Waals surface area (Å²) in [6.45, 7) is 1.96. The topological polar surface area (TPSA) is 43.1 Å². The van der Waals surface area contributed by atoms with Crippen molar-refractivity contribution in [3.63, 3.8) is 0 Å². The predicted molar refractivity (Wildman–Crippen MR) is 95.8 cm³/mol. The van der Waals surface area contributed by atoms with Gasteiger partial charge in [-0.2, -0.15) is 0 Å². The van der Waals surface area contributed by atoms with Gasteiger partial charge in [0.25, 0.3) is 0 Å². The Morgan fingerprint density at radius 2 is 2.00 bits per heavy atom. The molecule has 2 heterocycles. The van der Waals surface area contributed by atoms with E-state index in [4.69, 9.17) is 4.42 Å². The van der Waals surface area contributed by atoms with E-state index in [0.717, 1.165) is 20.8 Å². The number of aromatic nitrogens is 1. The number of hydrogen-bond acceptors (Lipinski definition) is 4. The van der Waals surface area contributed by atoms with Gasteiger partial charge in [-0.25, -0.2) is 4.98 Å². The van der Waals surface area contributed by atoms with Gasteiger partial charge in [0.05, 0.1) is 21.2 Å². The Morgan fingerprint density at radius 1 is 1.13 bits per heavy atom. The number of hydrogen-bond donors (Lipinski definition) is 0. The third kappa shape index (κ3) is 2.58. The van der Waals surface area contributed by atoms with Crippen LogP contribution in [0.2, 0.25) is 0 Å². The summed E-state index contributed by atoms with van der Waals surface area (Å²) in [5.74, 6) is 0. The summed E-state index contributed by atoms with van der Waals surface area (Å²) in [5, 5.41) is 1.48. The van der Waals surface area contributed by atoms with E-state index in [2.05, 4.69) is 4.98 Å². The molecular weight excluding hydrogens is 306 g/mol. The highest BCUT2D eigenvalue weighted by molar-refractivity contribution is 7.19. The SMILES string of the molecule is Cc1ccc2occ(C=Cc3nc4ccccc4s3)c(=O)c2c1. The third-order valence-corrected chi connectivity index (χ3v) is 4.67. The largest absolute Gasteiger partial charge is 0.463 e. The highest BCUT2D eigenvalue weighted by atomic mass is 32.1. The van der Waals surface area contributed by atoms with Crippen LogP contribution < -0.4 is 5.43 Å². The van der Waals surface area contributed by atoms with Gasteiger partial charge >= 0.3 is 0 Å². The first-order chi connectivity index (χ1) is 11.2. The van der Waals surface area contributed by atoms with Crippen molar-refractivity contribution in [2.75, 3.05) is 0 Å². The van der Waals surface area contributed by atoms with Gasteiger partial charge in [-0.1, -0.05) is 23.8 Å². The molecule has 3 nitrogen and oxygen atoms in total. The lowest BCUT2D eigenvalue weighted by Crippen LogP contribution is -2.04. The van der Waals surface area contributed by atoms with E-state index in [1.165, 1.54) is 6.26 Å². The first-order valence-electron chi connectivity index (χ1n) is 7.26. The van der Waals surface area contributed by atoms with Crippen molar-refractivity contribution < 1.29 is 4.42 Å². The molecule has 0 saturated heterocycles. The molecule has 0 bridgehead atoms. The fraction of sp³-hybridized carbons (Fsp3) is 0.0526. The predicted octanol–water partition coefficient (Wildman–Crippen LogP) is 4.88. The molecular formula is C19H13NO2S. The molecule has 0 spiro atoms. The van der Waals surface area contributed by atoms with Gasteiger partial charge in [0.15, 0.2) is 5.43 Å². The van der Waals surface area contributed by atoms with Crippen LogP contribution in [0.1, 0.15) is 16.1 Å². The van der Waals surface area contributed by atoms with Gasteiger partial charge in [-0.05, 0) is 43.3 Å². The van der Waals surface area contributed by atoms with Crippen LogP contribution >= 0.6 is 11.3 Å². The second-order valence-corrected chi connectivity index (χ2v) is 6.44. The van der Waals surface area contributed by atoms with E-state index in [-0.39, 0.29) is 5.43 Å². The lowest BCUT2D eigenvalue weighted by molar-refractivity contribution is 0.601. The van der Waals surface area contributed by atoms with Crippen molar-refractivity contribution in [1.29, 1.82) is 0 Å². The molecule has 4 aromatic rings. The first kappa shape index (κ1) is 13.9. The van der Waals surface area contributed by atoms with Gasteiger partial charge in [0.1, 0.15) is 16.9 Å². The summed E-state index contributed by atoms with van der Waals surface area (Å²) in [5.41, 5.74) is 3.13. The maximum Gasteiger partial charge on any atom is 0.199 e. The van der Waals surface area contributed by atoms with E-state index in [9.17, 15) is 4.79 Å². The number of benzene rings is 2. The van der Waals surface area contributed by atoms with Crippen LogP contribution in [0.25, 0.3) is 33.3 Å². The van der Waals surface area contributed by atoms with Crippen LogP contribution in [0.4, 0.5) is 0 Å². The molecule has 0 saturated carbocycles. The van der Waals surface area contributed by atoms with E-state index in [1.54, 1.807) is 17.4 Å². The van der Waals surface area contributed by atoms with Gasteiger partial charge in [-0.15, -0.1) is 11.3 Å². The molecule has 0 aliphatic rings.